The van der Waals surface area contributed by atoms with Gasteiger partial charge in [-0.1, -0.05) is 11.6 Å². The highest BCUT2D eigenvalue weighted by Crippen LogP contribution is 2.46. The Balaban J connectivity index is 1.76. The van der Waals surface area contributed by atoms with Gasteiger partial charge in [-0.3, -0.25) is 0 Å². The van der Waals surface area contributed by atoms with Gasteiger partial charge in [-0.15, -0.1) is 0 Å². The number of nitrogens with one attached hydrogen (secondary N) is 1. The first kappa shape index (κ1) is 10.9. The van der Waals surface area contributed by atoms with E-state index >= 15 is 0 Å². The van der Waals surface area contributed by atoms with Crippen LogP contribution in [0.1, 0.15) is 25.7 Å². The van der Waals surface area contributed by atoms with E-state index in [0.717, 1.165) is 21.3 Å². The molecule has 3 heteroatoms. The Kier molecular flexibility index (Phi) is 2.88. The van der Waals surface area contributed by atoms with Gasteiger partial charge < -0.3 is 5.32 Å². The van der Waals surface area contributed by atoms with Crippen molar-refractivity contribution in [3.05, 3.63) is 27.7 Å². The molecule has 0 spiro atoms. The largest absolute Gasteiger partial charge is 0.381 e. The fourth-order valence-electron chi connectivity index (χ4n) is 2.32. The highest BCUT2D eigenvalue weighted by atomic mass is 79.9. The van der Waals surface area contributed by atoms with Crippen LogP contribution in [-0.4, -0.2) is 6.04 Å². The number of anilines is 1. The molecule has 0 atom stereocenters. The fraction of sp³-hybridized carbons (Fsp3) is 0.538. The Bertz CT molecular complexity index is 387. The van der Waals surface area contributed by atoms with E-state index in [1.54, 1.807) is 0 Å². The summed E-state index contributed by atoms with van der Waals surface area (Å²) in [7, 11) is 0. The van der Waals surface area contributed by atoms with Crippen molar-refractivity contribution in [3.63, 3.8) is 0 Å². The Morgan fingerprint density at radius 2 is 1.81 bits per heavy atom. The lowest BCUT2D eigenvalue weighted by atomic mass is 10.1. The summed E-state index contributed by atoms with van der Waals surface area (Å²) < 4.78 is 1.08. The van der Waals surface area contributed by atoms with Crippen LogP contribution in [0.25, 0.3) is 0 Å². The lowest BCUT2D eigenvalue weighted by molar-refractivity contribution is 0.567. The van der Waals surface area contributed by atoms with Crippen LogP contribution in [0.2, 0.25) is 5.02 Å². The van der Waals surface area contributed by atoms with Gasteiger partial charge in [-0.2, -0.15) is 0 Å². The normalized spacial score (nSPS) is 20.2. The molecule has 0 radical (unpaired) electrons. The van der Waals surface area contributed by atoms with E-state index in [0.29, 0.717) is 6.04 Å². The molecule has 3 rings (SSSR count). The maximum absolute atomic E-state index is 5.95. The monoisotopic (exact) mass is 299 g/mol. The third-order valence-electron chi connectivity index (χ3n) is 3.51. The standard InChI is InChI=1S/C13H15BrClN/c14-11-7-10(15)5-6-12(11)16-13(8-1-2-8)9-3-4-9/h5-9,13,16H,1-4H2. The maximum atomic E-state index is 5.95. The Hall–Kier alpha value is -0.210. The first-order valence-corrected chi connectivity index (χ1v) is 7.13. The lowest BCUT2D eigenvalue weighted by Gasteiger charge is -2.20. The van der Waals surface area contributed by atoms with Gasteiger partial charge in [-0.25, -0.2) is 0 Å². The van der Waals surface area contributed by atoms with Gasteiger partial charge in [-0.05, 0) is 71.6 Å². The molecule has 1 N–H and O–H groups in total. The van der Waals surface area contributed by atoms with Gasteiger partial charge in [0.15, 0.2) is 0 Å². The minimum Gasteiger partial charge on any atom is -0.381 e. The van der Waals surface area contributed by atoms with Crippen LogP contribution in [0.15, 0.2) is 22.7 Å². The average Bonchev–Trinajstić information content (AvgIpc) is 3.11. The molecular formula is C13H15BrClN. The average molecular weight is 301 g/mol. The minimum atomic E-state index is 0.692. The fourth-order valence-corrected chi connectivity index (χ4v) is 3.11. The third kappa shape index (κ3) is 2.38. The van der Waals surface area contributed by atoms with Crippen molar-refractivity contribution in [2.45, 2.75) is 31.7 Å². The minimum absolute atomic E-state index is 0.692. The highest BCUT2D eigenvalue weighted by Gasteiger charge is 2.41. The van der Waals surface area contributed by atoms with E-state index in [9.17, 15) is 0 Å². The summed E-state index contributed by atoms with van der Waals surface area (Å²) in [6, 6.07) is 6.67. The molecule has 2 aliphatic carbocycles. The molecule has 1 aromatic carbocycles. The summed E-state index contributed by atoms with van der Waals surface area (Å²) in [5.74, 6) is 1.82. The van der Waals surface area contributed by atoms with Crippen molar-refractivity contribution < 1.29 is 0 Å². The van der Waals surface area contributed by atoms with E-state index in [-0.39, 0.29) is 0 Å². The maximum Gasteiger partial charge on any atom is 0.0488 e. The summed E-state index contributed by atoms with van der Waals surface area (Å²) in [6.45, 7) is 0. The number of halogens is 2. The quantitative estimate of drug-likeness (QED) is 0.849. The van der Waals surface area contributed by atoms with Gasteiger partial charge in [0.1, 0.15) is 0 Å². The molecule has 1 nitrogen and oxygen atoms in total. The molecule has 0 aromatic heterocycles. The number of hydrogen-bond donors (Lipinski definition) is 1. The molecule has 0 aliphatic heterocycles. The molecule has 86 valence electrons. The Morgan fingerprint density at radius 1 is 1.19 bits per heavy atom. The number of hydrogen-bond acceptors (Lipinski definition) is 1. The second-order valence-corrected chi connectivity index (χ2v) is 6.26. The Labute approximate surface area is 110 Å². The molecular weight excluding hydrogens is 286 g/mol. The summed E-state index contributed by atoms with van der Waals surface area (Å²) in [5.41, 5.74) is 1.19. The summed E-state index contributed by atoms with van der Waals surface area (Å²) in [6.07, 6.45) is 5.61. The van der Waals surface area contributed by atoms with Crippen LogP contribution in [0.4, 0.5) is 5.69 Å². The predicted molar refractivity (Wildman–Crippen MR) is 72.0 cm³/mol. The first-order valence-electron chi connectivity index (χ1n) is 5.95. The van der Waals surface area contributed by atoms with Crippen molar-refractivity contribution in [3.8, 4) is 0 Å². The van der Waals surface area contributed by atoms with Crippen molar-refractivity contribution >= 4 is 33.2 Å². The lowest BCUT2D eigenvalue weighted by Crippen LogP contribution is -2.24. The zero-order chi connectivity index (χ0) is 11.1. The number of rotatable bonds is 4. The van der Waals surface area contributed by atoms with Crippen LogP contribution in [0.3, 0.4) is 0 Å². The van der Waals surface area contributed by atoms with Gasteiger partial charge in [0.2, 0.25) is 0 Å². The summed E-state index contributed by atoms with van der Waals surface area (Å²) >= 11 is 9.51. The van der Waals surface area contributed by atoms with Crippen molar-refractivity contribution in [1.82, 2.24) is 0 Å². The molecule has 2 saturated carbocycles. The molecule has 2 aliphatic rings. The van der Waals surface area contributed by atoms with Crippen LogP contribution in [0.5, 0.6) is 0 Å². The molecule has 0 amide bonds. The predicted octanol–water partition coefficient (Wildman–Crippen LogP) is 4.70. The zero-order valence-corrected chi connectivity index (χ0v) is 11.4. The van der Waals surface area contributed by atoms with E-state index < -0.39 is 0 Å². The molecule has 0 heterocycles. The topological polar surface area (TPSA) is 12.0 Å². The van der Waals surface area contributed by atoms with Crippen molar-refractivity contribution in [1.29, 1.82) is 0 Å². The molecule has 0 unspecified atom stereocenters. The number of benzene rings is 1. The first-order chi connectivity index (χ1) is 7.74. The van der Waals surface area contributed by atoms with E-state index in [2.05, 4.69) is 27.3 Å². The van der Waals surface area contributed by atoms with Crippen LogP contribution >= 0.6 is 27.5 Å². The summed E-state index contributed by atoms with van der Waals surface area (Å²) in [4.78, 5) is 0. The smallest absolute Gasteiger partial charge is 0.0488 e. The second-order valence-electron chi connectivity index (χ2n) is 4.97. The summed E-state index contributed by atoms with van der Waals surface area (Å²) in [5, 5.41) is 4.48. The zero-order valence-electron chi connectivity index (χ0n) is 9.05. The molecule has 2 fully saturated rings. The van der Waals surface area contributed by atoms with Gasteiger partial charge in [0.05, 0.1) is 0 Å². The highest BCUT2D eigenvalue weighted by molar-refractivity contribution is 9.10. The van der Waals surface area contributed by atoms with Gasteiger partial charge in [0.25, 0.3) is 0 Å². The molecule has 16 heavy (non-hydrogen) atoms. The third-order valence-corrected chi connectivity index (χ3v) is 4.40. The van der Waals surface area contributed by atoms with Gasteiger partial charge in [0, 0.05) is 21.2 Å². The Morgan fingerprint density at radius 3 is 2.31 bits per heavy atom. The van der Waals surface area contributed by atoms with E-state index in [4.69, 9.17) is 11.6 Å². The van der Waals surface area contributed by atoms with Crippen molar-refractivity contribution in [2.75, 3.05) is 5.32 Å². The molecule has 0 bridgehead atoms. The van der Waals surface area contributed by atoms with E-state index in [1.165, 1.54) is 31.4 Å². The van der Waals surface area contributed by atoms with Crippen LogP contribution in [0, 0.1) is 11.8 Å². The van der Waals surface area contributed by atoms with Crippen molar-refractivity contribution in [2.24, 2.45) is 11.8 Å². The van der Waals surface area contributed by atoms with E-state index in [1.807, 2.05) is 12.1 Å². The van der Waals surface area contributed by atoms with Crippen LogP contribution < -0.4 is 5.32 Å². The SMILES string of the molecule is Clc1ccc(NC(C2CC2)C2CC2)c(Br)c1. The van der Waals surface area contributed by atoms with Crippen LogP contribution in [-0.2, 0) is 0 Å². The molecule has 0 saturated heterocycles. The van der Waals surface area contributed by atoms with Gasteiger partial charge >= 0.3 is 0 Å². The second kappa shape index (κ2) is 4.23. The molecule has 1 aromatic rings.